The minimum atomic E-state index is -0.0509. The SMILES string of the molecule is O=C(c1ccc2nccnc2c1)N1CCC[C@@H]1CO. The molecule has 2 aromatic rings. The molecule has 1 saturated heterocycles. The smallest absolute Gasteiger partial charge is 0.254 e. The van der Waals surface area contributed by atoms with Gasteiger partial charge in [0.15, 0.2) is 0 Å². The van der Waals surface area contributed by atoms with Crippen molar-refractivity contribution >= 4 is 16.9 Å². The second-order valence-electron chi connectivity index (χ2n) is 4.74. The van der Waals surface area contributed by atoms with Gasteiger partial charge in [-0.1, -0.05) is 0 Å². The van der Waals surface area contributed by atoms with Crippen LogP contribution in [-0.2, 0) is 0 Å². The van der Waals surface area contributed by atoms with E-state index in [2.05, 4.69) is 9.97 Å². The Morgan fingerprint density at radius 2 is 2.11 bits per heavy atom. The topological polar surface area (TPSA) is 66.3 Å². The van der Waals surface area contributed by atoms with Crippen molar-refractivity contribution in [3.8, 4) is 0 Å². The van der Waals surface area contributed by atoms with Crippen LogP contribution in [0.15, 0.2) is 30.6 Å². The molecule has 1 fully saturated rings. The summed E-state index contributed by atoms with van der Waals surface area (Å²) in [6.45, 7) is 0.738. The third-order valence-corrected chi connectivity index (χ3v) is 3.57. The summed E-state index contributed by atoms with van der Waals surface area (Å²) in [6, 6.07) is 5.29. The van der Waals surface area contributed by atoms with Crippen LogP contribution < -0.4 is 0 Å². The van der Waals surface area contributed by atoms with Gasteiger partial charge in [-0.2, -0.15) is 0 Å². The summed E-state index contributed by atoms with van der Waals surface area (Å²) >= 11 is 0. The van der Waals surface area contributed by atoms with Gasteiger partial charge in [-0.05, 0) is 31.0 Å². The van der Waals surface area contributed by atoms with Crippen LogP contribution in [0.2, 0.25) is 0 Å². The molecule has 19 heavy (non-hydrogen) atoms. The average molecular weight is 257 g/mol. The number of nitrogens with zero attached hydrogens (tertiary/aromatic N) is 3. The number of likely N-dealkylation sites (tertiary alicyclic amines) is 1. The number of carbonyl (C=O) groups is 1. The van der Waals surface area contributed by atoms with Crippen molar-refractivity contribution in [3.63, 3.8) is 0 Å². The van der Waals surface area contributed by atoms with Crippen LogP contribution in [0.4, 0.5) is 0 Å². The van der Waals surface area contributed by atoms with Crippen LogP contribution in [0.3, 0.4) is 0 Å². The number of hydrogen-bond acceptors (Lipinski definition) is 4. The Balaban J connectivity index is 1.93. The van der Waals surface area contributed by atoms with Crippen LogP contribution in [0.5, 0.6) is 0 Å². The van der Waals surface area contributed by atoms with E-state index < -0.39 is 0 Å². The molecule has 1 aromatic heterocycles. The van der Waals surface area contributed by atoms with Gasteiger partial charge in [-0.15, -0.1) is 0 Å². The summed E-state index contributed by atoms with van der Waals surface area (Å²) in [4.78, 5) is 22.6. The third-order valence-electron chi connectivity index (χ3n) is 3.57. The van der Waals surface area contributed by atoms with Gasteiger partial charge in [-0.3, -0.25) is 14.8 Å². The number of amides is 1. The number of hydrogen-bond donors (Lipinski definition) is 1. The molecule has 0 unspecified atom stereocenters. The Kier molecular flexibility index (Phi) is 3.13. The number of rotatable bonds is 2. The molecule has 0 aliphatic carbocycles. The highest BCUT2D eigenvalue weighted by atomic mass is 16.3. The molecule has 0 spiro atoms. The zero-order chi connectivity index (χ0) is 13.2. The minimum Gasteiger partial charge on any atom is -0.394 e. The van der Waals surface area contributed by atoms with E-state index in [9.17, 15) is 9.90 Å². The standard InChI is InChI=1S/C14H15N3O2/c18-9-11-2-1-7-17(11)14(19)10-3-4-12-13(8-10)16-6-5-15-12/h3-6,8,11,18H,1-2,7,9H2/t11-/m1/s1. The van der Waals surface area contributed by atoms with Gasteiger partial charge in [0.05, 0.1) is 23.7 Å². The number of fused-ring (bicyclic) bond motifs is 1. The molecule has 1 amide bonds. The Hall–Kier alpha value is -2.01. The van der Waals surface area contributed by atoms with Gasteiger partial charge in [0.25, 0.3) is 5.91 Å². The Bertz CT molecular complexity index is 614. The summed E-state index contributed by atoms with van der Waals surface area (Å²) in [5.41, 5.74) is 2.10. The van der Waals surface area contributed by atoms with Gasteiger partial charge >= 0.3 is 0 Å². The number of aliphatic hydroxyl groups excluding tert-OH is 1. The summed E-state index contributed by atoms with van der Waals surface area (Å²) in [5, 5.41) is 9.29. The lowest BCUT2D eigenvalue weighted by atomic mass is 10.1. The second kappa shape index (κ2) is 4.93. The average Bonchev–Trinajstić information content (AvgIpc) is 2.94. The molecule has 1 aliphatic rings. The highest BCUT2D eigenvalue weighted by Gasteiger charge is 2.28. The number of carbonyl (C=O) groups excluding carboxylic acids is 1. The lowest BCUT2D eigenvalue weighted by Crippen LogP contribution is -2.37. The third kappa shape index (κ3) is 2.17. The van der Waals surface area contributed by atoms with Gasteiger partial charge in [-0.25, -0.2) is 0 Å². The highest BCUT2D eigenvalue weighted by molar-refractivity contribution is 5.97. The zero-order valence-electron chi connectivity index (χ0n) is 10.5. The van der Waals surface area contributed by atoms with E-state index in [0.717, 1.165) is 18.4 Å². The maximum atomic E-state index is 12.4. The lowest BCUT2D eigenvalue weighted by molar-refractivity contribution is 0.0678. The fourth-order valence-corrected chi connectivity index (χ4v) is 2.56. The summed E-state index contributed by atoms with van der Waals surface area (Å²) in [6.07, 6.45) is 5.06. The first-order chi connectivity index (χ1) is 9.29. The second-order valence-corrected chi connectivity index (χ2v) is 4.74. The highest BCUT2D eigenvalue weighted by Crippen LogP contribution is 2.21. The Morgan fingerprint density at radius 3 is 2.89 bits per heavy atom. The molecule has 1 aromatic carbocycles. The molecular weight excluding hydrogens is 242 g/mol. The normalized spacial score (nSPS) is 19.0. The molecule has 3 rings (SSSR count). The molecule has 5 nitrogen and oxygen atoms in total. The van der Waals surface area contributed by atoms with Gasteiger partial charge < -0.3 is 10.0 Å². The minimum absolute atomic E-state index is 0.0269. The number of aliphatic hydroxyl groups is 1. The molecule has 1 N–H and O–H groups in total. The lowest BCUT2D eigenvalue weighted by Gasteiger charge is -2.23. The van der Waals surface area contributed by atoms with E-state index >= 15 is 0 Å². The Labute approximate surface area is 110 Å². The van der Waals surface area contributed by atoms with Crippen LogP contribution >= 0.6 is 0 Å². The van der Waals surface area contributed by atoms with E-state index in [1.807, 2.05) is 0 Å². The van der Waals surface area contributed by atoms with Crippen molar-refractivity contribution in [2.75, 3.05) is 13.2 Å². The molecule has 0 saturated carbocycles. The van der Waals surface area contributed by atoms with Crippen LogP contribution in [0.25, 0.3) is 11.0 Å². The maximum absolute atomic E-state index is 12.4. The van der Waals surface area contributed by atoms with E-state index in [-0.39, 0.29) is 18.6 Å². The fraction of sp³-hybridized carbons (Fsp3) is 0.357. The Morgan fingerprint density at radius 1 is 1.32 bits per heavy atom. The van der Waals surface area contributed by atoms with Crippen molar-refractivity contribution < 1.29 is 9.90 Å². The first-order valence-corrected chi connectivity index (χ1v) is 6.42. The largest absolute Gasteiger partial charge is 0.394 e. The molecule has 2 heterocycles. The van der Waals surface area contributed by atoms with Crippen molar-refractivity contribution in [1.29, 1.82) is 0 Å². The van der Waals surface area contributed by atoms with Crippen LogP contribution in [0.1, 0.15) is 23.2 Å². The fourth-order valence-electron chi connectivity index (χ4n) is 2.56. The van der Waals surface area contributed by atoms with E-state index in [0.29, 0.717) is 17.6 Å². The van der Waals surface area contributed by atoms with Crippen molar-refractivity contribution in [3.05, 3.63) is 36.2 Å². The molecule has 98 valence electrons. The summed E-state index contributed by atoms with van der Waals surface area (Å²) in [7, 11) is 0. The quantitative estimate of drug-likeness (QED) is 0.878. The zero-order valence-corrected chi connectivity index (χ0v) is 10.5. The van der Waals surface area contributed by atoms with E-state index in [1.165, 1.54) is 0 Å². The maximum Gasteiger partial charge on any atom is 0.254 e. The summed E-state index contributed by atoms with van der Waals surface area (Å²) < 4.78 is 0. The first-order valence-electron chi connectivity index (χ1n) is 6.42. The molecular formula is C14H15N3O2. The van der Waals surface area contributed by atoms with Gasteiger partial charge in [0.1, 0.15) is 0 Å². The molecule has 1 atom stereocenters. The van der Waals surface area contributed by atoms with Crippen LogP contribution in [-0.4, -0.2) is 45.1 Å². The molecule has 1 aliphatic heterocycles. The molecule has 0 radical (unpaired) electrons. The van der Waals surface area contributed by atoms with Crippen molar-refractivity contribution in [1.82, 2.24) is 14.9 Å². The van der Waals surface area contributed by atoms with E-state index in [4.69, 9.17) is 0 Å². The van der Waals surface area contributed by atoms with E-state index in [1.54, 1.807) is 35.5 Å². The van der Waals surface area contributed by atoms with Gasteiger partial charge in [0.2, 0.25) is 0 Å². The number of aromatic nitrogens is 2. The number of benzene rings is 1. The predicted octanol–water partition coefficient (Wildman–Crippen LogP) is 1.23. The van der Waals surface area contributed by atoms with Crippen molar-refractivity contribution in [2.24, 2.45) is 0 Å². The van der Waals surface area contributed by atoms with Crippen LogP contribution in [0, 0.1) is 0 Å². The van der Waals surface area contributed by atoms with Crippen molar-refractivity contribution in [2.45, 2.75) is 18.9 Å². The first kappa shape index (κ1) is 12.0. The molecule has 0 bridgehead atoms. The monoisotopic (exact) mass is 257 g/mol. The molecule has 5 heteroatoms. The van der Waals surface area contributed by atoms with Gasteiger partial charge in [0, 0.05) is 24.5 Å². The predicted molar refractivity (Wildman–Crippen MR) is 70.7 cm³/mol. The summed E-state index contributed by atoms with van der Waals surface area (Å²) in [5.74, 6) is -0.0379.